The van der Waals surface area contributed by atoms with Gasteiger partial charge in [0.2, 0.25) is 5.91 Å². The molecule has 352 valence electrons. The van der Waals surface area contributed by atoms with Crippen LogP contribution in [0.5, 0.6) is 0 Å². The van der Waals surface area contributed by atoms with E-state index < -0.39 is 60.0 Å². The van der Waals surface area contributed by atoms with Crippen molar-refractivity contribution in [1.29, 1.82) is 0 Å². The van der Waals surface area contributed by atoms with Crippen LogP contribution in [0.4, 0.5) is 4.79 Å². The highest BCUT2D eigenvalue weighted by atomic mass is 32.2. The number of amides is 2. The molecule has 66 heavy (non-hydrogen) atoms. The zero-order chi connectivity index (χ0) is 48.0. The van der Waals surface area contributed by atoms with Crippen LogP contribution in [-0.2, 0) is 39.9 Å². The molecule has 4 aromatic rings. The van der Waals surface area contributed by atoms with E-state index in [1.807, 2.05) is 56.0 Å². The molecule has 0 fully saturated rings. The van der Waals surface area contributed by atoms with Gasteiger partial charge in [-0.05, 0) is 86.7 Å². The number of hydrogen-bond acceptors (Lipinski definition) is 11. The number of rotatable bonds is 21. The second-order valence-electron chi connectivity index (χ2n) is 19.1. The molecule has 3 atom stereocenters. The van der Waals surface area contributed by atoms with E-state index in [0.717, 1.165) is 22.7 Å². The van der Waals surface area contributed by atoms with Gasteiger partial charge in [-0.2, -0.15) is 0 Å². The van der Waals surface area contributed by atoms with Crippen LogP contribution >= 0.6 is 23.5 Å². The van der Waals surface area contributed by atoms with Gasteiger partial charge < -0.3 is 24.8 Å². The molecule has 2 amide bonds. The number of esters is 2. The number of thioether (sulfide) groups is 2. The molecular formula is C52H66N4O7S2Si. The average molecular weight is 951 g/mol. The summed E-state index contributed by atoms with van der Waals surface area (Å²) in [5, 5.41) is 6.22. The normalized spacial score (nSPS) is 16.3. The zero-order valence-electron chi connectivity index (χ0n) is 39.8. The number of ether oxygens (including phenoxy) is 3. The molecule has 0 saturated heterocycles. The van der Waals surface area contributed by atoms with Gasteiger partial charge in [-0.25, -0.2) is 14.6 Å². The third kappa shape index (κ3) is 15.2. The first-order valence-electron chi connectivity index (χ1n) is 22.6. The van der Waals surface area contributed by atoms with E-state index in [2.05, 4.69) is 108 Å². The Bertz CT molecular complexity index is 2200. The molecule has 14 heteroatoms. The molecule has 0 bridgehead atoms. The second kappa shape index (κ2) is 23.5. The van der Waals surface area contributed by atoms with Crippen molar-refractivity contribution in [3.63, 3.8) is 0 Å². The monoisotopic (exact) mass is 950 g/mol. The molecule has 0 aliphatic carbocycles. The number of aliphatic imine (C=N–C) groups is 1. The summed E-state index contributed by atoms with van der Waals surface area (Å²) in [6.07, 6.45) is 2.71. The van der Waals surface area contributed by atoms with Crippen LogP contribution in [0.15, 0.2) is 126 Å². The maximum absolute atomic E-state index is 14.1. The fourth-order valence-electron chi connectivity index (χ4n) is 7.08. The van der Waals surface area contributed by atoms with E-state index >= 15 is 0 Å². The topological polar surface area (TPSA) is 145 Å². The lowest BCUT2D eigenvalue weighted by atomic mass is 9.84. The minimum absolute atomic E-state index is 0.152. The summed E-state index contributed by atoms with van der Waals surface area (Å²) in [6.45, 7) is 17.9. The van der Waals surface area contributed by atoms with Crippen molar-refractivity contribution >= 4 is 60.6 Å². The Kier molecular flexibility index (Phi) is 18.5. The molecule has 1 aromatic heterocycles. The number of carbonyl (C=O) groups excluding carboxylic acids is 4. The smallest absolute Gasteiger partial charge is 0.407 e. The van der Waals surface area contributed by atoms with Crippen molar-refractivity contribution in [2.45, 2.75) is 115 Å². The van der Waals surface area contributed by atoms with Gasteiger partial charge in [0.1, 0.15) is 28.3 Å². The molecule has 3 aromatic carbocycles. The van der Waals surface area contributed by atoms with Crippen LogP contribution in [0, 0.1) is 5.92 Å². The molecule has 0 spiro atoms. The summed E-state index contributed by atoms with van der Waals surface area (Å²) in [5.74, 6) is -0.852. The molecule has 1 aliphatic rings. The van der Waals surface area contributed by atoms with Crippen molar-refractivity contribution in [2.24, 2.45) is 10.9 Å². The predicted molar refractivity (Wildman–Crippen MR) is 271 cm³/mol. The predicted octanol–water partition coefficient (Wildman–Crippen LogP) is 10.4. The van der Waals surface area contributed by atoms with Crippen molar-refractivity contribution < 1.29 is 33.4 Å². The van der Waals surface area contributed by atoms with Crippen LogP contribution in [-0.4, -0.2) is 83.4 Å². The highest BCUT2D eigenvalue weighted by Crippen LogP contribution is 2.48. The summed E-state index contributed by atoms with van der Waals surface area (Å²) in [6, 6.07) is 36.7. The van der Waals surface area contributed by atoms with Gasteiger partial charge >= 0.3 is 18.0 Å². The number of carbonyl (C=O) groups is 4. The number of alkyl carbamates (subject to hydrolysis) is 1. The fourth-order valence-corrected chi connectivity index (χ4v) is 10.4. The maximum Gasteiger partial charge on any atom is 0.407 e. The standard InChI is InChI=1S/C52H66N4O7S2Si/c1-37(2)45(55-48(59)51(6)36-64-46(56-51)43-30-21-28-41(54-43)35-53-49(60)63-50(3,4)5)47(58)62-42(34-44(57)61-31-33-66(7,8)9)29-19-20-32-65-52(38-22-13-10-14-23-38,39-24-15-11-16-25-39)40-26-17-12-18-27-40/h10-19,21-30,37,42,45H,20,31-36H2,1-9H3,(H,53,60)(H,55,59)/b29-19+/t42-,45+,51+/m1/s1. The average Bonchev–Trinajstić information content (AvgIpc) is 3.69. The molecule has 5 rings (SSSR count). The number of allylic oxidation sites excluding steroid dienone is 1. The Labute approximate surface area is 400 Å². The molecule has 2 N–H and O–H groups in total. The summed E-state index contributed by atoms with van der Waals surface area (Å²) < 4.78 is 16.6. The van der Waals surface area contributed by atoms with Crippen LogP contribution in [0.1, 0.15) is 82.5 Å². The maximum atomic E-state index is 14.1. The second-order valence-corrected chi connectivity index (χ2v) is 27.0. The third-order valence-corrected chi connectivity index (χ3v) is 15.2. The van der Waals surface area contributed by atoms with E-state index in [1.54, 1.807) is 45.9 Å². The Balaban J connectivity index is 1.30. The quantitative estimate of drug-likeness (QED) is 0.0207. The molecule has 0 saturated carbocycles. The van der Waals surface area contributed by atoms with Crippen LogP contribution in [0.25, 0.3) is 0 Å². The van der Waals surface area contributed by atoms with Gasteiger partial charge in [-0.3, -0.25) is 14.6 Å². The number of nitrogens with zero attached hydrogens (tertiary/aromatic N) is 2. The van der Waals surface area contributed by atoms with E-state index in [-0.39, 0.29) is 18.9 Å². The fraction of sp³-hybridized carbons (Fsp3) is 0.423. The van der Waals surface area contributed by atoms with E-state index in [9.17, 15) is 19.2 Å². The summed E-state index contributed by atoms with van der Waals surface area (Å²) in [5.41, 5.74) is 2.81. The highest BCUT2D eigenvalue weighted by molar-refractivity contribution is 8.14. The van der Waals surface area contributed by atoms with Gasteiger partial charge in [-0.15, -0.1) is 23.5 Å². The van der Waals surface area contributed by atoms with Gasteiger partial charge in [0.05, 0.1) is 35.7 Å². The van der Waals surface area contributed by atoms with Crippen molar-refractivity contribution in [3.05, 3.63) is 149 Å². The summed E-state index contributed by atoms with van der Waals surface area (Å²) in [7, 11) is -1.46. The lowest BCUT2D eigenvalue weighted by Gasteiger charge is -2.35. The number of pyridine rings is 1. The van der Waals surface area contributed by atoms with E-state index in [1.165, 1.54) is 11.8 Å². The first-order chi connectivity index (χ1) is 31.3. The highest BCUT2D eigenvalue weighted by Gasteiger charge is 2.42. The Morgan fingerprint density at radius 2 is 1.45 bits per heavy atom. The van der Waals surface area contributed by atoms with Crippen LogP contribution in [0.3, 0.4) is 0 Å². The van der Waals surface area contributed by atoms with Gasteiger partial charge in [0, 0.05) is 13.8 Å². The third-order valence-electron chi connectivity index (χ3n) is 10.6. The molecule has 0 unspecified atom stereocenters. The SMILES string of the molecule is CC(C)[C@H](NC(=O)[C@]1(C)CSC(c2cccc(CNC(=O)OC(C)(C)C)n2)=N1)C(=O)O[C@H](/C=C/CCSC(c1ccccc1)(c1ccccc1)c1ccccc1)CC(=O)OCC[Si](C)(C)C. The number of nitrogens with one attached hydrogen (secondary N) is 2. The first-order valence-corrected chi connectivity index (χ1v) is 28.3. The molecular weight excluding hydrogens is 885 g/mol. The minimum Gasteiger partial charge on any atom is -0.466 e. The van der Waals surface area contributed by atoms with Crippen molar-refractivity contribution in [1.82, 2.24) is 15.6 Å². The number of benzene rings is 3. The molecule has 1 aliphatic heterocycles. The minimum atomic E-state index is -1.46. The van der Waals surface area contributed by atoms with Crippen molar-refractivity contribution in [2.75, 3.05) is 18.1 Å². The van der Waals surface area contributed by atoms with Gasteiger partial charge in [-0.1, -0.05) is 137 Å². The van der Waals surface area contributed by atoms with Gasteiger partial charge in [0.25, 0.3) is 0 Å². The molecule has 2 heterocycles. The summed E-state index contributed by atoms with van der Waals surface area (Å²) in [4.78, 5) is 63.0. The van der Waals surface area contributed by atoms with Crippen molar-refractivity contribution in [3.8, 4) is 0 Å². The number of aromatic nitrogens is 1. The molecule has 11 nitrogen and oxygen atoms in total. The Morgan fingerprint density at radius 3 is 2.00 bits per heavy atom. The Hall–Kier alpha value is -5.18. The van der Waals surface area contributed by atoms with E-state index in [4.69, 9.17) is 19.2 Å². The van der Waals surface area contributed by atoms with Gasteiger partial charge in [0.15, 0.2) is 0 Å². The summed E-state index contributed by atoms with van der Waals surface area (Å²) >= 11 is 3.21. The molecule has 0 radical (unpaired) electrons. The first kappa shape index (κ1) is 51.8. The zero-order valence-corrected chi connectivity index (χ0v) is 42.4. The largest absolute Gasteiger partial charge is 0.466 e. The van der Waals surface area contributed by atoms with Crippen LogP contribution < -0.4 is 10.6 Å². The Morgan fingerprint density at radius 1 is 0.864 bits per heavy atom. The van der Waals surface area contributed by atoms with Crippen LogP contribution in [0.2, 0.25) is 25.7 Å². The number of hydrogen-bond donors (Lipinski definition) is 2. The lowest BCUT2D eigenvalue weighted by Crippen LogP contribution is -2.53. The van der Waals surface area contributed by atoms with E-state index in [0.29, 0.717) is 41.0 Å². The lowest BCUT2D eigenvalue weighted by molar-refractivity contribution is -0.156.